The van der Waals surface area contributed by atoms with Crippen LogP contribution in [0.25, 0.3) is 0 Å². The summed E-state index contributed by atoms with van der Waals surface area (Å²) in [5, 5.41) is 3.21. The first kappa shape index (κ1) is 14.9. The largest absolute Gasteiger partial charge is 0.475 e. The fourth-order valence-electron chi connectivity index (χ4n) is 1.58. The summed E-state index contributed by atoms with van der Waals surface area (Å²) in [4.78, 5) is 10.8. The van der Waals surface area contributed by atoms with Crippen LogP contribution in [0.1, 0.15) is 26.5 Å². The molecular weight excluding hydrogens is 228 g/mol. The van der Waals surface area contributed by atoms with Gasteiger partial charge in [0.2, 0.25) is 5.88 Å². The maximum atomic E-state index is 5.56. The van der Waals surface area contributed by atoms with Gasteiger partial charge in [-0.2, -0.15) is 0 Å². The molecule has 0 fully saturated rings. The van der Waals surface area contributed by atoms with Crippen molar-refractivity contribution in [3.63, 3.8) is 0 Å². The van der Waals surface area contributed by atoms with Gasteiger partial charge in [0.25, 0.3) is 0 Å². The molecule has 1 rings (SSSR count). The van der Waals surface area contributed by atoms with E-state index in [0.29, 0.717) is 12.5 Å². The first-order valence-electron chi connectivity index (χ1n) is 6.66. The van der Waals surface area contributed by atoms with Crippen LogP contribution in [0.15, 0.2) is 12.4 Å². The predicted molar refractivity (Wildman–Crippen MR) is 72.7 cm³/mol. The van der Waals surface area contributed by atoms with E-state index in [9.17, 15) is 0 Å². The molecule has 5 nitrogen and oxygen atoms in total. The maximum absolute atomic E-state index is 5.56. The highest BCUT2D eigenvalue weighted by molar-refractivity contribution is 5.07. The molecule has 1 N–H and O–H groups in total. The topological polar surface area (TPSA) is 50.3 Å². The average molecular weight is 252 g/mol. The molecule has 0 saturated heterocycles. The third-order valence-corrected chi connectivity index (χ3v) is 2.79. The molecule has 18 heavy (non-hydrogen) atoms. The van der Waals surface area contributed by atoms with Crippen LogP contribution in [-0.4, -0.2) is 47.7 Å². The lowest BCUT2D eigenvalue weighted by Crippen LogP contribution is -2.28. The monoisotopic (exact) mass is 252 g/mol. The Morgan fingerprint density at radius 3 is 2.50 bits per heavy atom. The van der Waals surface area contributed by atoms with Gasteiger partial charge in [-0.15, -0.1) is 0 Å². The van der Waals surface area contributed by atoms with E-state index in [2.05, 4.69) is 41.0 Å². The quantitative estimate of drug-likeness (QED) is 0.718. The Balaban J connectivity index is 2.30. The summed E-state index contributed by atoms with van der Waals surface area (Å²) in [6.45, 7) is 11.7. The number of nitrogens with one attached hydrogen (secondary N) is 1. The van der Waals surface area contributed by atoms with E-state index in [0.717, 1.165) is 38.4 Å². The lowest BCUT2D eigenvalue weighted by Gasteiger charge is -2.17. The minimum Gasteiger partial charge on any atom is -0.475 e. The molecule has 0 aliphatic rings. The van der Waals surface area contributed by atoms with Gasteiger partial charge in [0.15, 0.2) is 0 Å². The van der Waals surface area contributed by atoms with Crippen LogP contribution in [-0.2, 0) is 6.54 Å². The van der Waals surface area contributed by atoms with E-state index < -0.39 is 0 Å². The molecule has 1 heterocycles. The summed E-state index contributed by atoms with van der Waals surface area (Å²) in [7, 11) is 0. The molecule has 0 radical (unpaired) electrons. The zero-order chi connectivity index (χ0) is 13.2. The molecule has 0 aliphatic carbocycles. The van der Waals surface area contributed by atoms with Crippen molar-refractivity contribution in [3.8, 4) is 5.88 Å². The number of rotatable bonds is 9. The van der Waals surface area contributed by atoms with E-state index in [1.807, 2.05) is 0 Å². The zero-order valence-corrected chi connectivity index (χ0v) is 11.6. The molecule has 5 heteroatoms. The first-order valence-corrected chi connectivity index (χ1v) is 6.66. The van der Waals surface area contributed by atoms with Crippen molar-refractivity contribution < 1.29 is 4.74 Å². The second kappa shape index (κ2) is 8.83. The minimum atomic E-state index is 0.599. The van der Waals surface area contributed by atoms with Crippen molar-refractivity contribution in [2.24, 2.45) is 0 Å². The van der Waals surface area contributed by atoms with Crippen LogP contribution >= 0.6 is 0 Å². The van der Waals surface area contributed by atoms with Crippen molar-refractivity contribution in [1.82, 2.24) is 20.2 Å². The van der Waals surface area contributed by atoms with Gasteiger partial charge >= 0.3 is 0 Å². The molecule has 0 spiro atoms. The van der Waals surface area contributed by atoms with Crippen molar-refractivity contribution >= 4 is 0 Å². The molecule has 0 aromatic carbocycles. The van der Waals surface area contributed by atoms with Gasteiger partial charge in [-0.25, -0.2) is 4.98 Å². The number of hydrogen-bond acceptors (Lipinski definition) is 5. The average Bonchev–Trinajstić information content (AvgIpc) is 2.42. The molecule has 102 valence electrons. The zero-order valence-electron chi connectivity index (χ0n) is 11.6. The van der Waals surface area contributed by atoms with Crippen LogP contribution in [0, 0.1) is 0 Å². The standard InChI is InChI=1S/C13H24N4O/c1-4-14-9-12-10-16-13(11-15-12)18-8-7-17(5-2)6-3/h10-11,14H,4-9H2,1-3H3. The number of likely N-dealkylation sites (N-methyl/N-ethyl adjacent to an activating group) is 1. The number of aromatic nitrogens is 2. The van der Waals surface area contributed by atoms with Crippen molar-refractivity contribution in [1.29, 1.82) is 0 Å². The van der Waals surface area contributed by atoms with Crippen LogP contribution in [0.2, 0.25) is 0 Å². The van der Waals surface area contributed by atoms with E-state index in [1.54, 1.807) is 12.4 Å². The third kappa shape index (κ3) is 5.42. The van der Waals surface area contributed by atoms with Gasteiger partial charge in [0.1, 0.15) is 6.61 Å². The van der Waals surface area contributed by atoms with Gasteiger partial charge in [0, 0.05) is 13.1 Å². The third-order valence-electron chi connectivity index (χ3n) is 2.79. The lowest BCUT2D eigenvalue weighted by atomic mass is 10.4. The summed E-state index contributed by atoms with van der Waals surface area (Å²) in [6, 6.07) is 0. The molecule has 0 atom stereocenters. The molecular formula is C13H24N4O. The van der Waals surface area contributed by atoms with Gasteiger partial charge in [-0.1, -0.05) is 20.8 Å². The smallest absolute Gasteiger partial charge is 0.232 e. The van der Waals surface area contributed by atoms with E-state index in [4.69, 9.17) is 4.74 Å². The van der Waals surface area contributed by atoms with E-state index in [-0.39, 0.29) is 0 Å². The highest BCUT2D eigenvalue weighted by Crippen LogP contribution is 2.04. The normalized spacial score (nSPS) is 10.9. The van der Waals surface area contributed by atoms with Gasteiger partial charge in [-0.05, 0) is 19.6 Å². The SMILES string of the molecule is CCNCc1cnc(OCCN(CC)CC)cn1. The second-order valence-corrected chi connectivity index (χ2v) is 4.00. The maximum Gasteiger partial charge on any atom is 0.232 e. The van der Waals surface area contributed by atoms with Crippen molar-refractivity contribution in [3.05, 3.63) is 18.1 Å². The van der Waals surface area contributed by atoms with Crippen LogP contribution < -0.4 is 10.1 Å². The Bertz CT molecular complexity index is 311. The summed E-state index contributed by atoms with van der Waals surface area (Å²) in [5.74, 6) is 0.599. The molecule has 0 aliphatic heterocycles. The molecule has 0 saturated carbocycles. The minimum absolute atomic E-state index is 0.599. The van der Waals surface area contributed by atoms with Crippen LogP contribution in [0.4, 0.5) is 0 Å². The number of nitrogens with zero attached hydrogens (tertiary/aromatic N) is 3. The lowest BCUT2D eigenvalue weighted by molar-refractivity contribution is 0.217. The Kier molecular flexibility index (Phi) is 7.29. The molecule has 0 unspecified atom stereocenters. The van der Waals surface area contributed by atoms with Crippen molar-refractivity contribution in [2.75, 3.05) is 32.8 Å². The Morgan fingerprint density at radius 2 is 1.94 bits per heavy atom. The van der Waals surface area contributed by atoms with Gasteiger partial charge in [0.05, 0.1) is 18.1 Å². The van der Waals surface area contributed by atoms with E-state index in [1.165, 1.54) is 0 Å². The van der Waals surface area contributed by atoms with Crippen molar-refractivity contribution in [2.45, 2.75) is 27.3 Å². The summed E-state index contributed by atoms with van der Waals surface area (Å²) in [6.07, 6.45) is 3.45. The van der Waals surface area contributed by atoms with E-state index >= 15 is 0 Å². The Morgan fingerprint density at radius 1 is 1.17 bits per heavy atom. The van der Waals surface area contributed by atoms with Gasteiger partial charge in [-0.3, -0.25) is 4.98 Å². The van der Waals surface area contributed by atoms with Crippen LogP contribution in [0.3, 0.4) is 0 Å². The number of hydrogen-bond donors (Lipinski definition) is 1. The Hall–Kier alpha value is -1.20. The predicted octanol–water partition coefficient (Wildman–Crippen LogP) is 1.31. The first-order chi connectivity index (χ1) is 8.80. The van der Waals surface area contributed by atoms with Gasteiger partial charge < -0.3 is 15.0 Å². The fourth-order valence-corrected chi connectivity index (χ4v) is 1.58. The summed E-state index contributed by atoms with van der Waals surface area (Å²) >= 11 is 0. The molecule has 0 amide bonds. The molecule has 0 bridgehead atoms. The molecule has 1 aromatic heterocycles. The summed E-state index contributed by atoms with van der Waals surface area (Å²) in [5.41, 5.74) is 0.938. The van der Waals surface area contributed by atoms with Crippen LogP contribution in [0.5, 0.6) is 5.88 Å². The highest BCUT2D eigenvalue weighted by atomic mass is 16.5. The number of ether oxygens (including phenoxy) is 1. The fraction of sp³-hybridized carbons (Fsp3) is 0.692. The highest BCUT2D eigenvalue weighted by Gasteiger charge is 2.01. The second-order valence-electron chi connectivity index (χ2n) is 4.00. The molecule has 1 aromatic rings. The summed E-state index contributed by atoms with van der Waals surface area (Å²) < 4.78 is 5.56. The Labute approximate surface area is 110 Å².